The quantitative estimate of drug-likeness (QED) is 0.872. The zero-order valence-corrected chi connectivity index (χ0v) is 10.2. The predicted molar refractivity (Wildman–Crippen MR) is 68.2 cm³/mol. The number of rotatable bonds is 2. The van der Waals surface area contributed by atoms with Crippen molar-refractivity contribution in [2.75, 3.05) is 13.2 Å². The highest BCUT2D eigenvalue weighted by molar-refractivity contribution is 5.83. The molecule has 18 heavy (non-hydrogen) atoms. The van der Waals surface area contributed by atoms with E-state index in [1.165, 1.54) is 25.0 Å². The third-order valence-electron chi connectivity index (χ3n) is 3.54. The number of benzene rings is 1. The van der Waals surface area contributed by atoms with Crippen LogP contribution < -0.4 is 5.32 Å². The van der Waals surface area contributed by atoms with Crippen molar-refractivity contribution in [3.05, 3.63) is 35.6 Å². The van der Waals surface area contributed by atoms with Crippen molar-refractivity contribution in [3.8, 4) is 0 Å². The average molecular weight is 248 g/mol. The molecule has 1 saturated heterocycles. The number of halogens is 1. The molecule has 2 unspecified atom stereocenters. The Balaban J connectivity index is 1.72. The van der Waals surface area contributed by atoms with Gasteiger partial charge in [-0.3, -0.25) is 0 Å². The molecule has 1 N–H and O–H groups in total. The Bertz CT molecular complexity index is 438. The second-order valence-corrected chi connectivity index (χ2v) is 4.85. The van der Waals surface area contributed by atoms with E-state index >= 15 is 0 Å². The van der Waals surface area contributed by atoms with Crippen LogP contribution in [0.25, 0.3) is 0 Å². The second-order valence-electron chi connectivity index (χ2n) is 4.85. The van der Waals surface area contributed by atoms with E-state index < -0.39 is 0 Å². The van der Waals surface area contributed by atoms with E-state index in [1.807, 2.05) is 0 Å². The highest BCUT2D eigenvalue weighted by Gasteiger charge is 2.27. The third kappa shape index (κ3) is 2.38. The number of aliphatic imine (C=N–C) groups is 1. The summed E-state index contributed by atoms with van der Waals surface area (Å²) < 4.78 is 18.5. The number of nitrogens with zero attached hydrogens (tertiary/aromatic N) is 1. The van der Waals surface area contributed by atoms with E-state index in [1.54, 1.807) is 12.1 Å². The highest BCUT2D eigenvalue weighted by Crippen LogP contribution is 2.25. The average Bonchev–Trinajstić information content (AvgIpc) is 2.90. The Kier molecular flexibility index (Phi) is 3.28. The smallest absolute Gasteiger partial charge is 0.201 e. The molecular weight excluding hydrogens is 231 g/mol. The molecule has 0 saturated carbocycles. The molecule has 3 nitrogen and oxygen atoms in total. The fraction of sp³-hybridized carbons (Fsp3) is 0.500. The molecule has 3 rings (SSSR count). The molecule has 1 fully saturated rings. The van der Waals surface area contributed by atoms with Gasteiger partial charge in [0.05, 0.1) is 6.04 Å². The summed E-state index contributed by atoms with van der Waals surface area (Å²) in [5.41, 5.74) is 1.02. The molecule has 2 atom stereocenters. The normalized spacial score (nSPS) is 27.7. The molecule has 0 bridgehead atoms. The molecule has 2 heterocycles. The van der Waals surface area contributed by atoms with E-state index in [2.05, 4.69) is 10.3 Å². The second kappa shape index (κ2) is 5.06. The lowest BCUT2D eigenvalue weighted by molar-refractivity contribution is 0.293. The minimum absolute atomic E-state index is 0.0179. The number of hydrogen-bond donors (Lipinski definition) is 1. The monoisotopic (exact) mass is 248 g/mol. The zero-order valence-electron chi connectivity index (χ0n) is 10.2. The van der Waals surface area contributed by atoms with Gasteiger partial charge in [0.1, 0.15) is 18.5 Å². The molecule has 96 valence electrons. The summed E-state index contributed by atoms with van der Waals surface area (Å²) in [6, 6.07) is 6.80. The van der Waals surface area contributed by atoms with E-state index in [0.29, 0.717) is 6.61 Å². The van der Waals surface area contributed by atoms with Gasteiger partial charge < -0.3 is 10.1 Å². The van der Waals surface area contributed by atoms with Crippen molar-refractivity contribution in [1.29, 1.82) is 0 Å². The summed E-state index contributed by atoms with van der Waals surface area (Å²) in [4.78, 5) is 4.62. The van der Waals surface area contributed by atoms with Crippen LogP contribution >= 0.6 is 0 Å². The van der Waals surface area contributed by atoms with Crippen LogP contribution in [0.15, 0.2) is 29.3 Å². The standard InChI is InChI=1S/C14H17FN2O/c15-11-6-4-10(5-7-11)13-9-18-14(17-13)12-3-1-2-8-16-12/h4-7,12-13,16H,1-3,8-9H2. The minimum Gasteiger partial charge on any atom is -0.477 e. The van der Waals surface area contributed by atoms with Gasteiger partial charge in [-0.15, -0.1) is 0 Å². The van der Waals surface area contributed by atoms with Crippen LogP contribution in [0.2, 0.25) is 0 Å². The van der Waals surface area contributed by atoms with Gasteiger partial charge in [0.15, 0.2) is 0 Å². The summed E-state index contributed by atoms with van der Waals surface area (Å²) in [6.45, 7) is 1.60. The van der Waals surface area contributed by atoms with Crippen LogP contribution in [-0.4, -0.2) is 25.1 Å². The van der Waals surface area contributed by atoms with Crippen molar-refractivity contribution in [3.63, 3.8) is 0 Å². The number of hydrogen-bond acceptors (Lipinski definition) is 3. The van der Waals surface area contributed by atoms with Gasteiger partial charge in [0, 0.05) is 0 Å². The van der Waals surface area contributed by atoms with Gasteiger partial charge in [-0.1, -0.05) is 18.6 Å². The van der Waals surface area contributed by atoms with Crippen molar-refractivity contribution in [2.45, 2.75) is 31.3 Å². The number of piperidine rings is 1. The van der Waals surface area contributed by atoms with Crippen molar-refractivity contribution in [2.24, 2.45) is 4.99 Å². The van der Waals surface area contributed by atoms with E-state index in [-0.39, 0.29) is 17.9 Å². The van der Waals surface area contributed by atoms with E-state index in [0.717, 1.165) is 24.4 Å². The fourth-order valence-electron chi connectivity index (χ4n) is 2.50. The lowest BCUT2D eigenvalue weighted by Gasteiger charge is -2.22. The van der Waals surface area contributed by atoms with Crippen molar-refractivity contribution in [1.82, 2.24) is 5.32 Å². The zero-order chi connectivity index (χ0) is 12.4. The molecule has 0 radical (unpaired) electrons. The maximum Gasteiger partial charge on any atom is 0.201 e. The van der Waals surface area contributed by atoms with Gasteiger partial charge in [-0.25, -0.2) is 9.38 Å². The maximum atomic E-state index is 12.9. The molecule has 1 aromatic rings. The van der Waals surface area contributed by atoms with E-state index in [4.69, 9.17) is 4.74 Å². The topological polar surface area (TPSA) is 33.6 Å². The predicted octanol–water partition coefficient (Wildman–Crippen LogP) is 2.44. The molecular formula is C14H17FN2O. The fourth-order valence-corrected chi connectivity index (χ4v) is 2.50. The SMILES string of the molecule is Fc1ccc(C2COC(C3CCCCN3)=N2)cc1. The van der Waals surface area contributed by atoms with Crippen molar-refractivity contribution >= 4 is 5.90 Å². The molecule has 4 heteroatoms. The minimum atomic E-state index is -0.212. The molecule has 1 aromatic carbocycles. The Morgan fingerprint density at radius 3 is 2.78 bits per heavy atom. The molecule has 0 aromatic heterocycles. The van der Waals surface area contributed by atoms with Gasteiger partial charge >= 0.3 is 0 Å². The van der Waals surface area contributed by atoms with Crippen LogP contribution in [-0.2, 0) is 4.74 Å². The Morgan fingerprint density at radius 2 is 2.06 bits per heavy atom. The van der Waals surface area contributed by atoms with E-state index in [9.17, 15) is 4.39 Å². The maximum absolute atomic E-state index is 12.9. The van der Waals surface area contributed by atoms with Gasteiger partial charge in [-0.2, -0.15) is 0 Å². The Morgan fingerprint density at radius 1 is 1.22 bits per heavy atom. The Labute approximate surface area is 106 Å². The lowest BCUT2D eigenvalue weighted by Crippen LogP contribution is -2.40. The summed E-state index contributed by atoms with van der Waals surface area (Å²) in [5, 5.41) is 3.43. The largest absolute Gasteiger partial charge is 0.477 e. The summed E-state index contributed by atoms with van der Waals surface area (Å²) in [5.74, 6) is 0.611. The number of nitrogens with one attached hydrogen (secondary N) is 1. The van der Waals surface area contributed by atoms with Crippen LogP contribution in [0.3, 0.4) is 0 Å². The van der Waals surface area contributed by atoms with Crippen LogP contribution in [0, 0.1) is 5.82 Å². The van der Waals surface area contributed by atoms with Gasteiger partial charge in [0.2, 0.25) is 5.90 Å². The van der Waals surface area contributed by atoms with Crippen LogP contribution in [0.4, 0.5) is 4.39 Å². The molecule has 0 aliphatic carbocycles. The Hall–Kier alpha value is -1.42. The first-order valence-corrected chi connectivity index (χ1v) is 6.52. The third-order valence-corrected chi connectivity index (χ3v) is 3.54. The summed E-state index contributed by atoms with van der Waals surface area (Å²) in [6.07, 6.45) is 3.54. The van der Waals surface area contributed by atoms with Crippen LogP contribution in [0.1, 0.15) is 30.9 Å². The number of ether oxygens (including phenoxy) is 1. The lowest BCUT2D eigenvalue weighted by atomic mass is 10.1. The molecule has 0 spiro atoms. The first-order valence-electron chi connectivity index (χ1n) is 6.52. The summed E-state index contributed by atoms with van der Waals surface area (Å²) >= 11 is 0. The highest BCUT2D eigenvalue weighted by atomic mass is 19.1. The first kappa shape index (κ1) is 11.7. The molecule has 2 aliphatic heterocycles. The van der Waals surface area contributed by atoms with Crippen LogP contribution in [0.5, 0.6) is 0 Å². The van der Waals surface area contributed by atoms with Gasteiger partial charge in [0.25, 0.3) is 0 Å². The van der Waals surface area contributed by atoms with Gasteiger partial charge in [-0.05, 0) is 37.1 Å². The van der Waals surface area contributed by atoms with Crippen molar-refractivity contribution < 1.29 is 9.13 Å². The molecule has 0 amide bonds. The first-order chi connectivity index (χ1) is 8.83. The molecule has 2 aliphatic rings. The summed E-state index contributed by atoms with van der Waals surface area (Å²) in [7, 11) is 0.